The number of rotatable bonds is 4. The Bertz CT molecular complexity index is 306. The summed E-state index contributed by atoms with van der Waals surface area (Å²) in [6.45, 7) is 0. The van der Waals surface area contributed by atoms with Gasteiger partial charge in [0, 0.05) is 12.0 Å². The molecule has 4 heteroatoms. The largest absolute Gasteiger partial charge is 0.497 e. The highest BCUT2D eigenvalue weighted by Crippen LogP contribution is 2.14. The smallest absolute Gasteiger partial charge is 0.166 e. The number of hydrogen-bond donors (Lipinski definition) is 1. The van der Waals surface area contributed by atoms with Crippen LogP contribution in [0.25, 0.3) is 0 Å². The topological polar surface area (TPSA) is 46.5 Å². The van der Waals surface area contributed by atoms with E-state index in [1.54, 1.807) is 31.4 Å². The molecule has 14 heavy (non-hydrogen) atoms. The van der Waals surface area contributed by atoms with E-state index in [1.807, 2.05) is 22.6 Å². The van der Waals surface area contributed by atoms with Gasteiger partial charge in [-0.3, -0.25) is 4.79 Å². The third kappa shape index (κ3) is 3.26. The molecular formula is C10H11IO3. The van der Waals surface area contributed by atoms with Gasteiger partial charge < -0.3 is 9.84 Å². The van der Waals surface area contributed by atoms with Gasteiger partial charge >= 0.3 is 0 Å². The van der Waals surface area contributed by atoms with Crippen LogP contribution in [0.15, 0.2) is 24.3 Å². The quantitative estimate of drug-likeness (QED) is 0.526. The van der Waals surface area contributed by atoms with Crippen molar-refractivity contribution in [1.29, 1.82) is 0 Å². The molecule has 76 valence electrons. The summed E-state index contributed by atoms with van der Waals surface area (Å²) in [6.07, 6.45) is 0.146. The Morgan fingerprint density at radius 1 is 1.50 bits per heavy atom. The zero-order chi connectivity index (χ0) is 10.6. The molecule has 1 N–H and O–H groups in total. The minimum Gasteiger partial charge on any atom is -0.497 e. The van der Waals surface area contributed by atoms with Crippen LogP contribution in [0.2, 0.25) is 0 Å². The van der Waals surface area contributed by atoms with Gasteiger partial charge in [0.15, 0.2) is 5.78 Å². The van der Waals surface area contributed by atoms with Gasteiger partial charge in [-0.2, -0.15) is 0 Å². The maximum Gasteiger partial charge on any atom is 0.166 e. The maximum absolute atomic E-state index is 11.4. The monoisotopic (exact) mass is 306 g/mol. The van der Waals surface area contributed by atoms with E-state index in [0.717, 1.165) is 5.75 Å². The lowest BCUT2D eigenvalue weighted by molar-refractivity contribution is 0.0950. The lowest BCUT2D eigenvalue weighted by Gasteiger charge is -2.03. The number of halogens is 1. The van der Waals surface area contributed by atoms with Crippen LogP contribution in [0.4, 0.5) is 0 Å². The Morgan fingerprint density at radius 2 is 2.07 bits per heavy atom. The molecule has 0 spiro atoms. The van der Waals surface area contributed by atoms with Gasteiger partial charge in [0.25, 0.3) is 0 Å². The van der Waals surface area contributed by atoms with Gasteiger partial charge in [-0.15, -0.1) is 0 Å². The molecule has 1 atom stereocenters. The molecule has 0 saturated carbocycles. The highest BCUT2D eigenvalue weighted by molar-refractivity contribution is 14.1. The minimum atomic E-state index is -0.623. The van der Waals surface area contributed by atoms with E-state index >= 15 is 0 Å². The average Bonchev–Trinajstić information content (AvgIpc) is 2.17. The first-order chi connectivity index (χ1) is 6.63. The second-order valence-corrected chi connectivity index (χ2v) is 4.23. The van der Waals surface area contributed by atoms with E-state index in [9.17, 15) is 4.79 Å². The number of methoxy groups -OCH3 is 1. The SMILES string of the molecule is COc1ccc(C(=O)CC(O)I)cc1. The molecule has 1 rings (SSSR count). The first kappa shape index (κ1) is 11.5. The molecule has 0 radical (unpaired) electrons. The van der Waals surface area contributed by atoms with Gasteiger partial charge in [-0.1, -0.05) is 22.6 Å². The first-order valence-corrected chi connectivity index (χ1v) is 5.37. The van der Waals surface area contributed by atoms with Crippen LogP contribution in [0.5, 0.6) is 5.75 Å². The predicted molar refractivity (Wildman–Crippen MR) is 62.0 cm³/mol. The lowest BCUT2D eigenvalue weighted by atomic mass is 10.1. The van der Waals surface area contributed by atoms with Gasteiger partial charge in [0.2, 0.25) is 0 Å². The van der Waals surface area contributed by atoms with Crippen LogP contribution in [0.3, 0.4) is 0 Å². The number of Topliss-reactive ketones (excluding diaryl/α,β-unsaturated/α-hetero) is 1. The fourth-order valence-electron chi connectivity index (χ4n) is 1.05. The highest BCUT2D eigenvalue weighted by atomic mass is 127. The van der Waals surface area contributed by atoms with E-state index in [4.69, 9.17) is 9.84 Å². The highest BCUT2D eigenvalue weighted by Gasteiger charge is 2.09. The van der Waals surface area contributed by atoms with E-state index in [0.29, 0.717) is 5.56 Å². The molecule has 3 nitrogen and oxygen atoms in total. The summed E-state index contributed by atoms with van der Waals surface area (Å²) in [4.78, 5) is 11.4. The number of aliphatic hydroxyl groups is 1. The number of benzene rings is 1. The van der Waals surface area contributed by atoms with Gasteiger partial charge in [-0.25, -0.2) is 0 Å². The van der Waals surface area contributed by atoms with Crippen molar-refractivity contribution >= 4 is 28.4 Å². The predicted octanol–water partition coefficient (Wildman–Crippen LogP) is 2.02. The van der Waals surface area contributed by atoms with Crippen molar-refractivity contribution in [3.8, 4) is 5.75 Å². The van der Waals surface area contributed by atoms with Crippen LogP contribution in [0, 0.1) is 0 Å². The third-order valence-electron chi connectivity index (χ3n) is 1.77. The fourth-order valence-corrected chi connectivity index (χ4v) is 1.45. The summed E-state index contributed by atoms with van der Waals surface area (Å²) < 4.78 is 4.34. The van der Waals surface area contributed by atoms with Crippen molar-refractivity contribution in [2.75, 3.05) is 7.11 Å². The molecule has 0 aliphatic carbocycles. The van der Waals surface area contributed by atoms with E-state index < -0.39 is 4.11 Å². The van der Waals surface area contributed by atoms with Crippen molar-refractivity contribution in [2.45, 2.75) is 10.5 Å². The molecule has 0 aliphatic heterocycles. The second kappa shape index (κ2) is 5.31. The van der Waals surface area contributed by atoms with Crippen molar-refractivity contribution < 1.29 is 14.6 Å². The standard InChI is InChI=1S/C10H11IO3/c1-14-8-4-2-7(3-5-8)9(12)6-10(11)13/h2-5,10,13H,6H2,1H3. The Hall–Kier alpha value is -0.620. The van der Waals surface area contributed by atoms with Crippen molar-refractivity contribution in [1.82, 2.24) is 0 Å². The van der Waals surface area contributed by atoms with Crippen LogP contribution in [0.1, 0.15) is 16.8 Å². The third-order valence-corrected chi connectivity index (χ3v) is 2.21. The van der Waals surface area contributed by atoms with E-state index in [2.05, 4.69) is 0 Å². The molecule has 0 saturated heterocycles. The number of aliphatic hydroxyl groups excluding tert-OH is 1. The number of ketones is 1. The Kier molecular flexibility index (Phi) is 4.34. The normalized spacial score (nSPS) is 12.2. The summed E-state index contributed by atoms with van der Waals surface area (Å²) in [5.41, 5.74) is 0.599. The lowest BCUT2D eigenvalue weighted by Crippen LogP contribution is -2.06. The number of carbonyl (C=O) groups is 1. The average molecular weight is 306 g/mol. The van der Waals surface area contributed by atoms with Crippen molar-refractivity contribution in [3.63, 3.8) is 0 Å². The summed E-state index contributed by atoms with van der Waals surface area (Å²) in [7, 11) is 1.57. The molecule has 1 aromatic rings. The first-order valence-electron chi connectivity index (χ1n) is 4.13. The van der Waals surface area contributed by atoms with Gasteiger partial charge in [0.05, 0.1) is 7.11 Å². The second-order valence-electron chi connectivity index (χ2n) is 2.79. The van der Waals surface area contributed by atoms with Crippen molar-refractivity contribution in [2.24, 2.45) is 0 Å². The molecular weight excluding hydrogens is 295 g/mol. The summed E-state index contributed by atoms with van der Waals surface area (Å²) in [6, 6.07) is 6.85. The van der Waals surface area contributed by atoms with E-state index in [1.165, 1.54) is 0 Å². The molecule has 1 aromatic carbocycles. The van der Waals surface area contributed by atoms with Crippen molar-refractivity contribution in [3.05, 3.63) is 29.8 Å². The van der Waals surface area contributed by atoms with Crippen LogP contribution >= 0.6 is 22.6 Å². The number of carbonyl (C=O) groups excluding carboxylic acids is 1. The molecule has 0 aliphatic rings. The zero-order valence-corrected chi connectivity index (χ0v) is 9.89. The number of ether oxygens (including phenoxy) is 1. The summed E-state index contributed by atoms with van der Waals surface area (Å²) in [5, 5.41) is 9.03. The van der Waals surface area contributed by atoms with Gasteiger partial charge in [-0.05, 0) is 24.3 Å². The Labute approximate surface area is 96.2 Å². The van der Waals surface area contributed by atoms with E-state index in [-0.39, 0.29) is 12.2 Å². The maximum atomic E-state index is 11.4. The fraction of sp³-hybridized carbons (Fsp3) is 0.300. The van der Waals surface area contributed by atoms with Gasteiger partial charge in [0.1, 0.15) is 9.86 Å². The zero-order valence-electron chi connectivity index (χ0n) is 7.74. The van der Waals surface area contributed by atoms with Crippen LogP contribution in [-0.2, 0) is 0 Å². The molecule has 0 heterocycles. The number of hydrogen-bond acceptors (Lipinski definition) is 3. The summed E-state index contributed by atoms with van der Waals surface area (Å²) in [5.74, 6) is 0.658. The minimum absolute atomic E-state index is 0.0606. The molecule has 0 fully saturated rings. The molecule has 0 bridgehead atoms. The Balaban J connectivity index is 2.71. The molecule has 0 amide bonds. The Morgan fingerprint density at radius 3 is 2.50 bits per heavy atom. The molecule has 0 aromatic heterocycles. The summed E-state index contributed by atoms with van der Waals surface area (Å²) >= 11 is 1.81. The number of alkyl halides is 1. The van der Waals surface area contributed by atoms with Crippen LogP contribution < -0.4 is 4.74 Å². The molecule has 1 unspecified atom stereocenters. The van der Waals surface area contributed by atoms with Crippen LogP contribution in [-0.4, -0.2) is 22.1 Å².